The summed E-state index contributed by atoms with van der Waals surface area (Å²) < 4.78 is 0. The molecule has 0 aromatic heterocycles. The molecule has 1 saturated carbocycles. The Balaban J connectivity index is 1.94. The topological polar surface area (TPSA) is 87.4 Å². The van der Waals surface area contributed by atoms with Crippen LogP contribution in [0.4, 0.5) is 16.2 Å². The molecule has 1 aromatic rings. The Morgan fingerprint density at radius 3 is 2.56 bits per heavy atom. The summed E-state index contributed by atoms with van der Waals surface area (Å²) >= 11 is 0. The zero-order chi connectivity index (χ0) is 13.0. The van der Waals surface area contributed by atoms with Gasteiger partial charge in [0.1, 0.15) is 0 Å². The van der Waals surface area contributed by atoms with Gasteiger partial charge in [-0.25, -0.2) is 4.79 Å². The monoisotopic (exact) mass is 249 g/mol. The highest BCUT2D eigenvalue weighted by molar-refractivity contribution is 5.88. The van der Waals surface area contributed by atoms with Gasteiger partial charge in [0.05, 0.1) is 6.10 Å². The number of hydrogen-bond acceptors (Lipinski definition) is 3. The lowest BCUT2D eigenvalue weighted by atomic mass is 9.93. The third-order valence-electron chi connectivity index (χ3n) is 3.20. The number of amides is 2. The molecule has 18 heavy (non-hydrogen) atoms. The van der Waals surface area contributed by atoms with Gasteiger partial charge in [-0.15, -0.1) is 0 Å². The van der Waals surface area contributed by atoms with E-state index in [4.69, 9.17) is 5.73 Å². The summed E-state index contributed by atoms with van der Waals surface area (Å²) in [5.74, 6) is 0. The van der Waals surface area contributed by atoms with Gasteiger partial charge in [0, 0.05) is 17.4 Å². The van der Waals surface area contributed by atoms with Crippen molar-refractivity contribution < 1.29 is 9.90 Å². The number of carbonyl (C=O) groups is 1. The lowest BCUT2D eigenvalue weighted by Gasteiger charge is -2.27. The van der Waals surface area contributed by atoms with Crippen molar-refractivity contribution in [2.45, 2.75) is 37.8 Å². The van der Waals surface area contributed by atoms with Gasteiger partial charge in [0.15, 0.2) is 0 Å². The molecule has 0 radical (unpaired) electrons. The van der Waals surface area contributed by atoms with E-state index in [0.717, 1.165) is 31.4 Å². The Bertz CT molecular complexity index is 414. The number of benzene rings is 1. The van der Waals surface area contributed by atoms with Crippen LogP contribution in [0.5, 0.6) is 0 Å². The minimum Gasteiger partial charge on any atom is -0.393 e. The molecule has 0 atom stereocenters. The number of nitrogens with two attached hydrogens (primary N) is 1. The fraction of sp³-hybridized carbons (Fsp3) is 0.462. The van der Waals surface area contributed by atoms with Gasteiger partial charge in [-0.05, 0) is 43.9 Å². The number of primary amides is 1. The third-order valence-corrected chi connectivity index (χ3v) is 3.20. The second-order valence-corrected chi connectivity index (χ2v) is 4.72. The molecule has 5 N–H and O–H groups in total. The van der Waals surface area contributed by atoms with E-state index in [1.165, 1.54) is 0 Å². The molecule has 98 valence electrons. The molecule has 5 nitrogen and oxygen atoms in total. The van der Waals surface area contributed by atoms with E-state index in [-0.39, 0.29) is 6.10 Å². The smallest absolute Gasteiger partial charge is 0.316 e. The van der Waals surface area contributed by atoms with E-state index in [2.05, 4.69) is 10.6 Å². The highest BCUT2D eigenvalue weighted by Crippen LogP contribution is 2.23. The van der Waals surface area contributed by atoms with Crippen LogP contribution in [0.25, 0.3) is 0 Å². The summed E-state index contributed by atoms with van der Waals surface area (Å²) in [6.07, 6.45) is 3.47. The van der Waals surface area contributed by atoms with Crippen molar-refractivity contribution in [2.75, 3.05) is 10.6 Å². The molecule has 0 aliphatic heterocycles. The Morgan fingerprint density at radius 1 is 1.22 bits per heavy atom. The second kappa shape index (κ2) is 5.73. The molecule has 2 amide bonds. The van der Waals surface area contributed by atoms with Crippen molar-refractivity contribution in [3.05, 3.63) is 24.3 Å². The predicted octanol–water partition coefficient (Wildman–Crippen LogP) is 1.89. The normalized spacial score (nSPS) is 23.4. The van der Waals surface area contributed by atoms with Crippen molar-refractivity contribution in [1.82, 2.24) is 0 Å². The number of aliphatic hydroxyl groups is 1. The summed E-state index contributed by atoms with van der Waals surface area (Å²) in [6.45, 7) is 0. The summed E-state index contributed by atoms with van der Waals surface area (Å²) in [7, 11) is 0. The van der Waals surface area contributed by atoms with Gasteiger partial charge in [-0.2, -0.15) is 0 Å². The Labute approximate surface area is 106 Å². The molecule has 0 saturated heterocycles. The molecule has 0 bridgehead atoms. The molecule has 0 unspecified atom stereocenters. The Hall–Kier alpha value is -1.75. The van der Waals surface area contributed by atoms with E-state index in [1.807, 2.05) is 18.2 Å². The first kappa shape index (κ1) is 12.7. The largest absolute Gasteiger partial charge is 0.393 e. The summed E-state index contributed by atoms with van der Waals surface area (Å²) in [6, 6.07) is 7.30. The molecule has 1 aliphatic rings. The lowest BCUT2D eigenvalue weighted by Crippen LogP contribution is -2.28. The number of carbonyl (C=O) groups excluding carboxylic acids is 1. The minimum absolute atomic E-state index is 0.147. The zero-order valence-corrected chi connectivity index (χ0v) is 10.2. The van der Waals surface area contributed by atoms with Gasteiger partial charge in [-0.3, -0.25) is 0 Å². The van der Waals surface area contributed by atoms with Crippen molar-refractivity contribution in [3.8, 4) is 0 Å². The van der Waals surface area contributed by atoms with Crippen molar-refractivity contribution >= 4 is 17.4 Å². The van der Waals surface area contributed by atoms with Crippen LogP contribution in [0.1, 0.15) is 25.7 Å². The number of aliphatic hydroxyl groups excluding tert-OH is 1. The van der Waals surface area contributed by atoms with E-state index < -0.39 is 6.03 Å². The maximum atomic E-state index is 10.8. The number of urea groups is 1. The van der Waals surface area contributed by atoms with E-state index in [0.29, 0.717) is 11.7 Å². The first-order valence-corrected chi connectivity index (χ1v) is 6.24. The maximum absolute atomic E-state index is 10.8. The molecule has 0 heterocycles. The van der Waals surface area contributed by atoms with Crippen LogP contribution in [-0.4, -0.2) is 23.3 Å². The number of anilines is 2. The van der Waals surface area contributed by atoms with Gasteiger partial charge in [0.2, 0.25) is 0 Å². The fourth-order valence-electron chi connectivity index (χ4n) is 2.28. The van der Waals surface area contributed by atoms with Crippen LogP contribution < -0.4 is 16.4 Å². The molecule has 0 spiro atoms. The summed E-state index contributed by atoms with van der Waals surface area (Å²) in [5.41, 5.74) is 6.72. The number of hydrogen-bond donors (Lipinski definition) is 4. The quantitative estimate of drug-likeness (QED) is 0.659. The average Bonchev–Trinajstić information content (AvgIpc) is 2.32. The van der Waals surface area contributed by atoms with Crippen molar-refractivity contribution in [1.29, 1.82) is 0 Å². The number of rotatable bonds is 3. The Morgan fingerprint density at radius 2 is 1.89 bits per heavy atom. The summed E-state index contributed by atoms with van der Waals surface area (Å²) in [5, 5.41) is 15.4. The predicted molar refractivity (Wildman–Crippen MR) is 71.5 cm³/mol. The van der Waals surface area contributed by atoms with E-state index in [9.17, 15) is 9.90 Å². The van der Waals surface area contributed by atoms with Crippen molar-refractivity contribution in [3.63, 3.8) is 0 Å². The highest BCUT2D eigenvalue weighted by atomic mass is 16.3. The van der Waals surface area contributed by atoms with Crippen molar-refractivity contribution in [2.24, 2.45) is 5.73 Å². The Kier molecular flexibility index (Phi) is 4.04. The van der Waals surface area contributed by atoms with Gasteiger partial charge in [-0.1, -0.05) is 6.07 Å². The average molecular weight is 249 g/mol. The number of nitrogens with one attached hydrogen (secondary N) is 2. The molecule has 5 heteroatoms. The molecular formula is C13H19N3O2. The summed E-state index contributed by atoms with van der Waals surface area (Å²) in [4.78, 5) is 10.8. The highest BCUT2D eigenvalue weighted by Gasteiger charge is 2.18. The molecule has 2 rings (SSSR count). The second-order valence-electron chi connectivity index (χ2n) is 4.72. The molecule has 1 aliphatic carbocycles. The van der Waals surface area contributed by atoms with Crippen LogP contribution >= 0.6 is 0 Å². The minimum atomic E-state index is -0.562. The van der Waals surface area contributed by atoms with E-state index >= 15 is 0 Å². The maximum Gasteiger partial charge on any atom is 0.316 e. The van der Waals surface area contributed by atoms with Crippen LogP contribution in [0.15, 0.2) is 24.3 Å². The van der Waals surface area contributed by atoms with E-state index in [1.54, 1.807) is 6.07 Å². The fourth-order valence-corrected chi connectivity index (χ4v) is 2.28. The molecule has 1 aromatic carbocycles. The van der Waals surface area contributed by atoms with Gasteiger partial charge < -0.3 is 21.5 Å². The first-order valence-electron chi connectivity index (χ1n) is 6.24. The van der Waals surface area contributed by atoms with Gasteiger partial charge >= 0.3 is 6.03 Å². The van der Waals surface area contributed by atoms with Crippen LogP contribution in [0, 0.1) is 0 Å². The van der Waals surface area contributed by atoms with Gasteiger partial charge in [0.25, 0.3) is 0 Å². The first-order chi connectivity index (χ1) is 8.63. The SMILES string of the molecule is NC(=O)Nc1cccc(NC2CCC(O)CC2)c1. The third kappa shape index (κ3) is 3.63. The lowest BCUT2D eigenvalue weighted by molar-refractivity contribution is 0.126. The molecular weight excluding hydrogens is 230 g/mol. The van der Waals surface area contributed by atoms with Crippen LogP contribution in [0.3, 0.4) is 0 Å². The van der Waals surface area contributed by atoms with Crippen LogP contribution in [-0.2, 0) is 0 Å². The standard InChI is InChI=1S/C13H19N3O2/c14-13(18)16-11-3-1-2-10(8-11)15-9-4-6-12(17)7-5-9/h1-3,8-9,12,15,17H,4-7H2,(H3,14,16,18). The molecule has 1 fully saturated rings. The zero-order valence-electron chi connectivity index (χ0n) is 10.2. The van der Waals surface area contributed by atoms with Crippen LogP contribution in [0.2, 0.25) is 0 Å².